The van der Waals surface area contributed by atoms with Crippen LogP contribution in [0.3, 0.4) is 0 Å². The van der Waals surface area contributed by atoms with Crippen molar-refractivity contribution < 1.29 is 19.1 Å². The van der Waals surface area contributed by atoms with E-state index in [2.05, 4.69) is 20.4 Å². The summed E-state index contributed by atoms with van der Waals surface area (Å²) >= 11 is 1.23. The Morgan fingerprint density at radius 1 is 1.04 bits per heavy atom. The molecule has 8 heteroatoms. The highest BCUT2D eigenvalue weighted by Crippen LogP contribution is 2.23. The second-order valence-corrected chi connectivity index (χ2v) is 6.62. The number of pyridine rings is 1. The number of hydrogen-bond acceptors (Lipinski definition) is 6. The van der Waals surface area contributed by atoms with Gasteiger partial charge in [-0.25, -0.2) is 4.79 Å². The number of anilines is 1. The Kier molecular flexibility index (Phi) is 6.13. The van der Waals surface area contributed by atoms with Gasteiger partial charge in [0.05, 0.1) is 18.4 Å². The van der Waals surface area contributed by atoms with Crippen molar-refractivity contribution in [2.75, 3.05) is 12.4 Å². The molecule has 7 nitrogen and oxygen atoms in total. The van der Waals surface area contributed by atoms with E-state index in [1.807, 2.05) is 0 Å². The summed E-state index contributed by atoms with van der Waals surface area (Å²) in [6.07, 6.45) is 1.53. The maximum absolute atomic E-state index is 12.5. The van der Waals surface area contributed by atoms with Gasteiger partial charge in [0.15, 0.2) is 0 Å². The molecule has 3 aromatic rings. The predicted molar refractivity (Wildman–Crippen MR) is 105 cm³/mol. The van der Waals surface area contributed by atoms with Gasteiger partial charge in [-0.2, -0.15) is 0 Å². The average Bonchev–Trinajstić information content (AvgIpc) is 3.20. The van der Waals surface area contributed by atoms with Crippen LogP contribution in [0.25, 0.3) is 0 Å². The first-order valence-electron chi connectivity index (χ1n) is 8.34. The predicted octanol–water partition coefficient (Wildman–Crippen LogP) is 3.11. The molecule has 0 radical (unpaired) electrons. The van der Waals surface area contributed by atoms with E-state index in [1.54, 1.807) is 53.9 Å². The van der Waals surface area contributed by atoms with Gasteiger partial charge in [0.1, 0.15) is 10.6 Å². The van der Waals surface area contributed by atoms with Gasteiger partial charge >= 0.3 is 5.97 Å². The Balaban J connectivity index is 1.62. The summed E-state index contributed by atoms with van der Waals surface area (Å²) < 4.78 is 4.65. The minimum Gasteiger partial charge on any atom is -0.465 e. The van der Waals surface area contributed by atoms with E-state index in [0.717, 1.165) is 5.56 Å². The lowest BCUT2D eigenvalue weighted by atomic mass is 10.1. The van der Waals surface area contributed by atoms with Crippen LogP contribution < -0.4 is 10.6 Å². The topological polar surface area (TPSA) is 97.4 Å². The molecule has 142 valence electrons. The summed E-state index contributed by atoms with van der Waals surface area (Å²) in [6.45, 7) is 0.284. The Morgan fingerprint density at radius 3 is 2.50 bits per heavy atom. The number of methoxy groups -OCH3 is 1. The fourth-order valence-electron chi connectivity index (χ4n) is 2.41. The zero-order chi connectivity index (χ0) is 19.9. The van der Waals surface area contributed by atoms with Crippen molar-refractivity contribution in [1.82, 2.24) is 10.3 Å². The number of thiophene rings is 1. The van der Waals surface area contributed by atoms with Gasteiger partial charge in [0, 0.05) is 12.7 Å². The van der Waals surface area contributed by atoms with Gasteiger partial charge in [-0.15, -0.1) is 11.3 Å². The second kappa shape index (κ2) is 8.92. The molecule has 0 saturated heterocycles. The molecule has 0 fully saturated rings. The Labute approximate surface area is 165 Å². The van der Waals surface area contributed by atoms with Crippen LogP contribution in [0.4, 0.5) is 5.69 Å². The molecule has 1 aromatic carbocycles. The van der Waals surface area contributed by atoms with Crippen LogP contribution in [-0.4, -0.2) is 29.9 Å². The van der Waals surface area contributed by atoms with Gasteiger partial charge in [-0.05, 0) is 41.3 Å². The molecule has 0 bridgehead atoms. The molecule has 0 aliphatic carbocycles. The largest absolute Gasteiger partial charge is 0.465 e. The van der Waals surface area contributed by atoms with Crippen LogP contribution in [0.5, 0.6) is 0 Å². The monoisotopic (exact) mass is 395 g/mol. The van der Waals surface area contributed by atoms with Crippen LogP contribution in [0.15, 0.2) is 60.1 Å². The molecule has 2 heterocycles. The maximum Gasteiger partial charge on any atom is 0.337 e. The van der Waals surface area contributed by atoms with Gasteiger partial charge < -0.3 is 15.4 Å². The van der Waals surface area contributed by atoms with Crippen molar-refractivity contribution in [3.8, 4) is 0 Å². The molecule has 28 heavy (non-hydrogen) atoms. The van der Waals surface area contributed by atoms with Crippen molar-refractivity contribution in [1.29, 1.82) is 0 Å². The van der Waals surface area contributed by atoms with Crippen LogP contribution in [0.1, 0.15) is 36.1 Å². The lowest BCUT2D eigenvalue weighted by Gasteiger charge is -2.08. The number of nitrogens with one attached hydrogen (secondary N) is 2. The van der Waals surface area contributed by atoms with Crippen LogP contribution in [-0.2, 0) is 11.3 Å². The fraction of sp³-hybridized carbons (Fsp3) is 0.100. The number of carbonyl (C=O) groups is 3. The summed E-state index contributed by atoms with van der Waals surface area (Å²) in [5.74, 6) is -1.10. The molecule has 0 unspecified atom stereocenters. The Morgan fingerprint density at radius 2 is 1.82 bits per heavy atom. The summed E-state index contributed by atoms with van der Waals surface area (Å²) in [5.41, 5.74) is 1.97. The number of hydrogen-bond donors (Lipinski definition) is 2. The van der Waals surface area contributed by atoms with Crippen molar-refractivity contribution >= 4 is 34.8 Å². The molecule has 2 aromatic heterocycles. The lowest BCUT2D eigenvalue weighted by molar-refractivity contribution is 0.0600. The zero-order valence-electron chi connectivity index (χ0n) is 15.0. The van der Waals surface area contributed by atoms with Crippen LogP contribution >= 0.6 is 11.3 Å². The highest BCUT2D eigenvalue weighted by Gasteiger charge is 2.16. The number of aromatic nitrogens is 1. The molecule has 0 spiro atoms. The third kappa shape index (κ3) is 4.60. The van der Waals surface area contributed by atoms with E-state index < -0.39 is 5.97 Å². The molecule has 2 N–H and O–H groups in total. The van der Waals surface area contributed by atoms with Gasteiger partial charge in [-0.1, -0.05) is 18.2 Å². The molecular formula is C20H17N3O4S. The number of benzene rings is 1. The fourth-order valence-corrected chi connectivity index (χ4v) is 3.17. The SMILES string of the molecule is COC(=O)c1ccc(CNC(=O)c2sccc2NC(=O)c2ccccn2)cc1. The zero-order valence-corrected chi connectivity index (χ0v) is 15.8. The molecule has 0 aliphatic rings. The Bertz CT molecular complexity index is 984. The standard InChI is InChI=1S/C20H17N3O4S/c1-27-20(26)14-7-5-13(6-8-14)12-22-19(25)17-15(9-11-28-17)23-18(24)16-4-2-3-10-21-16/h2-11H,12H2,1H3,(H,22,25)(H,23,24). The van der Waals surface area contributed by atoms with Crippen molar-refractivity contribution in [2.45, 2.75) is 6.54 Å². The first-order chi connectivity index (χ1) is 13.6. The second-order valence-electron chi connectivity index (χ2n) is 5.70. The third-order valence-corrected chi connectivity index (χ3v) is 4.76. The number of amides is 2. The molecule has 0 saturated carbocycles. The summed E-state index contributed by atoms with van der Waals surface area (Å²) in [4.78, 5) is 40.6. The van der Waals surface area contributed by atoms with Gasteiger partial charge in [-0.3, -0.25) is 14.6 Å². The van der Waals surface area contributed by atoms with E-state index in [9.17, 15) is 14.4 Å². The minimum absolute atomic E-state index is 0.269. The lowest BCUT2D eigenvalue weighted by Crippen LogP contribution is -2.23. The average molecular weight is 395 g/mol. The molecule has 0 aliphatic heterocycles. The first kappa shape index (κ1) is 19.2. The number of rotatable bonds is 6. The summed E-state index contributed by atoms with van der Waals surface area (Å²) in [7, 11) is 1.32. The smallest absolute Gasteiger partial charge is 0.337 e. The van der Waals surface area contributed by atoms with Gasteiger partial charge in [0.25, 0.3) is 11.8 Å². The number of esters is 1. The number of ether oxygens (including phenoxy) is 1. The van der Waals surface area contributed by atoms with E-state index in [1.165, 1.54) is 24.6 Å². The van der Waals surface area contributed by atoms with E-state index >= 15 is 0 Å². The normalized spacial score (nSPS) is 10.2. The quantitative estimate of drug-likeness (QED) is 0.625. The van der Waals surface area contributed by atoms with Crippen molar-refractivity contribution in [3.05, 3.63) is 81.8 Å². The number of carbonyl (C=O) groups excluding carboxylic acids is 3. The molecule has 3 rings (SSSR count). The van der Waals surface area contributed by atoms with Crippen molar-refractivity contribution in [2.24, 2.45) is 0 Å². The van der Waals surface area contributed by atoms with E-state index in [-0.39, 0.29) is 24.1 Å². The highest BCUT2D eigenvalue weighted by atomic mass is 32.1. The van der Waals surface area contributed by atoms with E-state index in [0.29, 0.717) is 16.1 Å². The Hall–Kier alpha value is -3.52. The third-order valence-electron chi connectivity index (χ3n) is 3.85. The summed E-state index contributed by atoms with van der Waals surface area (Å²) in [5, 5.41) is 7.25. The van der Waals surface area contributed by atoms with Crippen LogP contribution in [0, 0.1) is 0 Å². The minimum atomic E-state index is -0.414. The maximum atomic E-state index is 12.5. The molecule has 0 atom stereocenters. The van der Waals surface area contributed by atoms with Crippen LogP contribution in [0.2, 0.25) is 0 Å². The summed E-state index contributed by atoms with van der Waals surface area (Å²) in [6, 6.07) is 13.5. The highest BCUT2D eigenvalue weighted by molar-refractivity contribution is 7.12. The number of nitrogens with zero attached hydrogens (tertiary/aromatic N) is 1. The van der Waals surface area contributed by atoms with E-state index in [4.69, 9.17) is 0 Å². The molecular weight excluding hydrogens is 378 g/mol. The van der Waals surface area contributed by atoms with Gasteiger partial charge in [0.2, 0.25) is 0 Å². The molecule has 2 amide bonds. The first-order valence-corrected chi connectivity index (χ1v) is 9.22. The van der Waals surface area contributed by atoms with Crippen molar-refractivity contribution in [3.63, 3.8) is 0 Å².